The van der Waals surface area contributed by atoms with Crippen molar-refractivity contribution in [3.8, 4) is 0 Å². The Hall–Kier alpha value is -2.04. The molecule has 3 N–H and O–H groups in total. The number of hydrogen-bond donors (Lipinski definition) is 2. The number of nitrogens with one attached hydrogen (secondary N) is 1. The molecule has 2 rings (SSSR count). The Morgan fingerprint density at radius 1 is 1.26 bits per heavy atom. The Labute approximate surface area is 112 Å². The van der Waals surface area contributed by atoms with Crippen molar-refractivity contribution < 1.29 is 9.59 Å². The van der Waals surface area contributed by atoms with Crippen LogP contribution >= 0.6 is 0 Å². The van der Waals surface area contributed by atoms with Crippen LogP contribution in [0.2, 0.25) is 0 Å². The summed E-state index contributed by atoms with van der Waals surface area (Å²) in [5.74, 6) is -0.393. The van der Waals surface area contributed by atoms with Crippen molar-refractivity contribution >= 4 is 17.5 Å². The van der Waals surface area contributed by atoms with Crippen LogP contribution in [0.15, 0.2) is 24.3 Å². The molecule has 2 amide bonds. The normalized spacial score (nSPS) is 16.2. The second kappa shape index (κ2) is 5.73. The summed E-state index contributed by atoms with van der Waals surface area (Å²) in [5, 5.41) is 2.93. The van der Waals surface area contributed by atoms with Crippen molar-refractivity contribution in [1.29, 1.82) is 0 Å². The van der Waals surface area contributed by atoms with Crippen molar-refractivity contribution in [1.82, 2.24) is 5.32 Å². The molecule has 0 bridgehead atoms. The Morgan fingerprint density at radius 3 is 2.47 bits per heavy atom. The van der Waals surface area contributed by atoms with Gasteiger partial charge in [-0.25, -0.2) is 0 Å². The van der Waals surface area contributed by atoms with Crippen molar-refractivity contribution in [3.05, 3.63) is 29.8 Å². The number of nitrogens with two attached hydrogens (primary N) is 1. The van der Waals surface area contributed by atoms with Gasteiger partial charge < -0.3 is 16.0 Å². The third-order valence-corrected chi connectivity index (χ3v) is 3.41. The molecule has 102 valence electrons. The SMILES string of the molecule is CC(=O)NC1CCN(c2ccccc2C(N)=O)CC1. The van der Waals surface area contributed by atoms with E-state index in [9.17, 15) is 9.59 Å². The number of nitrogens with zero attached hydrogens (tertiary/aromatic N) is 1. The molecular formula is C14H19N3O2. The Morgan fingerprint density at radius 2 is 1.89 bits per heavy atom. The molecule has 0 spiro atoms. The minimum Gasteiger partial charge on any atom is -0.371 e. The van der Waals surface area contributed by atoms with Crippen LogP contribution in [-0.2, 0) is 4.79 Å². The molecule has 1 saturated heterocycles. The van der Waals surface area contributed by atoms with Gasteiger partial charge in [0.1, 0.15) is 0 Å². The Balaban J connectivity index is 2.05. The maximum absolute atomic E-state index is 11.4. The fourth-order valence-electron chi connectivity index (χ4n) is 2.51. The van der Waals surface area contributed by atoms with Gasteiger partial charge in [-0.05, 0) is 25.0 Å². The van der Waals surface area contributed by atoms with Gasteiger partial charge in [-0.15, -0.1) is 0 Å². The van der Waals surface area contributed by atoms with Gasteiger partial charge in [0.15, 0.2) is 0 Å². The molecule has 1 aromatic carbocycles. The maximum atomic E-state index is 11.4. The topological polar surface area (TPSA) is 75.4 Å². The molecule has 5 nitrogen and oxygen atoms in total. The predicted octanol–water partition coefficient (Wildman–Crippen LogP) is 0.890. The second-order valence-electron chi connectivity index (χ2n) is 4.84. The zero-order valence-corrected chi connectivity index (χ0v) is 11.1. The van der Waals surface area contributed by atoms with E-state index in [0.717, 1.165) is 31.6 Å². The van der Waals surface area contributed by atoms with Crippen LogP contribution in [0.4, 0.5) is 5.69 Å². The molecule has 0 saturated carbocycles. The largest absolute Gasteiger partial charge is 0.371 e. The van der Waals surface area contributed by atoms with Crippen LogP contribution in [0.25, 0.3) is 0 Å². The highest BCUT2D eigenvalue weighted by molar-refractivity contribution is 5.98. The van der Waals surface area contributed by atoms with E-state index in [1.165, 1.54) is 6.92 Å². The lowest BCUT2D eigenvalue weighted by atomic mass is 10.0. The highest BCUT2D eigenvalue weighted by atomic mass is 16.1. The first kappa shape index (κ1) is 13.4. The van der Waals surface area contributed by atoms with Crippen molar-refractivity contribution in [2.24, 2.45) is 5.73 Å². The summed E-state index contributed by atoms with van der Waals surface area (Å²) in [6, 6.07) is 7.61. The van der Waals surface area contributed by atoms with Crippen molar-refractivity contribution in [2.45, 2.75) is 25.8 Å². The lowest BCUT2D eigenvalue weighted by Crippen LogP contribution is -2.44. The van der Waals surface area contributed by atoms with Gasteiger partial charge in [0.2, 0.25) is 5.91 Å². The molecule has 0 radical (unpaired) electrons. The highest BCUT2D eigenvalue weighted by Crippen LogP contribution is 2.23. The van der Waals surface area contributed by atoms with E-state index in [0.29, 0.717) is 5.56 Å². The molecule has 1 aromatic rings. The van der Waals surface area contributed by atoms with E-state index in [4.69, 9.17) is 5.73 Å². The van der Waals surface area contributed by atoms with Crippen molar-refractivity contribution in [3.63, 3.8) is 0 Å². The molecular weight excluding hydrogens is 242 g/mol. The molecule has 0 aliphatic carbocycles. The van der Waals surface area contributed by atoms with E-state index in [-0.39, 0.29) is 11.9 Å². The first-order valence-corrected chi connectivity index (χ1v) is 6.49. The molecule has 19 heavy (non-hydrogen) atoms. The summed E-state index contributed by atoms with van der Waals surface area (Å²) in [5.41, 5.74) is 6.83. The van der Waals surface area contributed by atoms with Crippen molar-refractivity contribution in [2.75, 3.05) is 18.0 Å². The second-order valence-corrected chi connectivity index (χ2v) is 4.84. The summed E-state index contributed by atoms with van der Waals surface area (Å²) in [4.78, 5) is 24.6. The quantitative estimate of drug-likeness (QED) is 0.848. The van der Waals surface area contributed by atoms with Crippen LogP contribution < -0.4 is 16.0 Å². The van der Waals surface area contributed by atoms with E-state index in [1.54, 1.807) is 6.07 Å². The molecule has 1 aliphatic heterocycles. The summed E-state index contributed by atoms with van der Waals surface area (Å²) in [6.07, 6.45) is 1.76. The van der Waals surface area contributed by atoms with Crippen LogP contribution in [0.5, 0.6) is 0 Å². The Bertz CT molecular complexity index is 479. The van der Waals surface area contributed by atoms with Crippen LogP contribution in [0.3, 0.4) is 0 Å². The number of carbonyl (C=O) groups excluding carboxylic acids is 2. The Kier molecular flexibility index (Phi) is 4.04. The summed E-state index contributed by atoms with van der Waals surface area (Å²) in [7, 11) is 0. The number of amides is 2. The third-order valence-electron chi connectivity index (χ3n) is 3.41. The van der Waals surface area contributed by atoms with Gasteiger partial charge in [-0.3, -0.25) is 9.59 Å². The smallest absolute Gasteiger partial charge is 0.250 e. The molecule has 0 aromatic heterocycles. The zero-order chi connectivity index (χ0) is 13.8. The molecule has 0 atom stereocenters. The molecule has 1 fully saturated rings. The number of hydrogen-bond acceptors (Lipinski definition) is 3. The summed E-state index contributed by atoms with van der Waals surface area (Å²) < 4.78 is 0. The number of carbonyl (C=O) groups is 2. The minimum absolute atomic E-state index is 0.0102. The van der Waals surface area contributed by atoms with Gasteiger partial charge in [0, 0.05) is 31.7 Å². The average Bonchev–Trinajstić information content (AvgIpc) is 2.39. The van der Waals surface area contributed by atoms with E-state index >= 15 is 0 Å². The van der Waals surface area contributed by atoms with Crippen LogP contribution in [0.1, 0.15) is 30.1 Å². The van der Waals surface area contributed by atoms with E-state index in [2.05, 4.69) is 10.2 Å². The first-order valence-electron chi connectivity index (χ1n) is 6.49. The zero-order valence-electron chi connectivity index (χ0n) is 11.1. The molecule has 5 heteroatoms. The van der Waals surface area contributed by atoms with E-state index < -0.39 is 5.91 Å². The lowest BCUT2D eigenvalue weighted by Gasteiger charge is -2.34. The minimum atomic E-state index is -0.403. The standard InChI is InChI=1S/C14H19N3O2/c1-10(18)16-11-6-8-17(9-7-11)13-5-3-2-4-12(13)14(15)19/h2-5,11H,6-9H2,1H3,(H2,15,19)(H,16,18). The van der Waals surface area contributed by atoms with Gasteiger partial charge in [0.05, 0.1) is 5.56 Å². The van der Waals surface area contributed by atoms with E-state index in [1.807, 2.05) is 18.2 Å². The lowest BCUT2D eigenvalue weighted by molar-refractivity contribution is -0.119. The predicted molar refractivity (Wildman–Crippen MR) is 74.0 cm³/mol. The van der Waals surface area contributed by atoms with Gasteiger partial charge in [0.25, 0.3) is 5.91 Å². The van der Waals surface area contributed by atoms with Crippen LogP contribution in [0, 0.1) is 0 Å². The molecule has 1 aliphatic rings. The molecule has 1 heterocycles. The number of rotatable bonds is 3. The summed E-state index contributed by atoms with van der Waals surface area (Å²) in [6.45, 7) is 3.17. The molecule has 0 unspecified atom stereocenters. The number of benzene rings is 1. The monoisotopic (exact) mass is 261 g/mol. The highest BCUT2D eigenvalue weighted by Gasteiger charge is 2.22. The third kappa shape index (κ3) is 3.24. The fraction of sp³-hybridized carbons (Fsp3) is 0.429. The van der Waals surface area contributed by atoms with Crippen LogP contribution in [-0.4, -0.2) is 30.9 Å². The van der Waals surface area contributed by atoms with Gasteiger partial charge >= 0.3 is 0 Å². The van der Waals surface area contributed by atoms with Gasteiger partial charge in [-0.1, -0.05) is 12.1 Å². The maximum Gasteiger partial charge on any atom is 0.250 e. The summed E-state index contributed by atoms with van der Waals surface area (Å²) >= 11 is 0. The fourth-order valence-corrected chi connectivity index (χ4v) is 2.51. The number of para-hydroxylation sites is 1. The number of primary amides is 1. The van der Waals surface area contributed by atoms with Gasteiger partial charge in [-0.2, -0.15) is 0 Å². The average molecular weight is 261 g/mol. The first-order chi connectivity index (χ1) is 9.08. The number of piperidine rings is 1. The number of anilines is 1.